The molecule has 156 valence electrons. The molecule has 0 aliphatic heterocycles. The van der Waals surface area contributed by atoms with E-state index >= 15 is 0 Å². The highest BCUT2D eigenvalue weighted by Crippen LogP contribution is 2.29. The first-order valence-electron chi connectivity index (χ1n) is 10.4. The highest BCUT2D eigenvalue weighted by Gasteiger charge is 2.25. The Hall–Kier alpha value is -3.66. The summed E-state index contributed by atoms with van der Waals surface area (Å²) in [6.45, 7) is 2.03. The fraction of sp³-hybridized carbons (Fsp3) is 0.185. The summed E-state index contributed by atoms with van der Waals surface area (Å²) in [7, 11) is 1.37. The maximum absolute atomic E-state index is 13.1. The summed E-state index contributed by atoms with van der Waals surface area (Å²) in [5.74, 6) is -0.416. The van der Waals surface area contributed by atoms with Crippen LogP contribution in [0.1, 0.15) is 39.9 Å². The van der Waals surface area contributed by atoms with Gasteiger partial charge in [0, 0.05) is 11.6 Å². The first-order valence-corrected chi connectivity index (χ1v) is 10.4. The Balaban J connectivity index is 1.75. The standard InChI is InChI=1S/C27H25NO3/c1-18-7-9-20(10-8-18)25(26(29)28-23-15-16-23)17-22-5-3-4-6-24(22)19-11-13-21(14-12-19)27(30)31-2/h3-14,17,23H,15-16H2,1-2H3,(H,28,29). The second kappa shape index (κ2) is 9.00. The first kappa shape index (κ1) is 20.6. The van der Waals surface area contributed by atoms with Gasteiger partial charge in [-0.15, -0.1) is 0 Å². The van der Waals surface area contributed by atoms with Crippen LogP contribution >= 0.6 is 0 Å². The van der Waals surface area contributed by atoms with Crippen LogP contribution in [0.25, 0.3) is 22.8 Å². The van der Waals surface area contributed by atoms with Crippen LogP contribution < -0.4 is 5.32 Å². The fourth-order valence-corrected chi connectivity index (χ4v) is 3.45. The molecule has 3 aromatic carbocycles. The number of benzene rings is 3. The van der Waals surface area contributed by atoms with Crippen molar-refractivity contribution in [1.29, 1.82) is 0 Å². The van der Waals surface area contributed by atoms with Gasteiger partial charge in [0.2, 0.25) is 0 Å². The lowest BCUT2D eigenvalue weighted by molar-refractivity contribution is -0.115. The molecule has 0 unspecified atom stereocenters. The van der Waals surface area contributed by atoms with Gasteiger partial charge < -0.3 is 10.1 Å². The number of amides is 1. The summed E-state index contributed by atoms with van der Waals surface area (Å²) < 4.78 is 4.79. The van der Waals surface area contributed by atoms with Gasteiger partial charge in [0.15, 0.2) is 0 Å². The molecule has 0 radical (unpaired) electrons. The third-order valence-electron chi connectivity index (χ3n) is 5.40. The largest absolute Gasteiger partial charge is 0.465 e. The molecule has 1 aliphatic rings. The third-order valence-corrected chi connectivity index (χ3v) is 5.40. The van der Waals surface area contributed by atoms with Gasteiger partial charge in [0.25, 0.3) is 5.91 Å². The number of rotatable bonds is 6. The van der Waals surface area contributed by atoms with Crippen molar-refractivity contribution < 1.29 is 14.3 Å². The van der Waals surface area contributed by atoms with Crippen LogP contribution in [-0.2, 0) is 9.53 Å². The van der Waals surface area contributed by atoms with Gasteiger partial charge in [-0.25, -0.2) is 4.79 Å². The van der Waals surface area contributed by atoms with Gasteiger partial charge >= 0.3 is 5.97 Å². The van der Waals surface area contributed by atoms with Gasteiger partial charge in [0.1, 0.15) is 0 Å². The minimum Gasteiger partial charge on any atom is -0.465 e. The molecule has 0 aromatic heterocycles. The Morgan fingerprint density at radius 3 is 2.19 bits per heavy atom. The van der Waals surface area contributed by atoms with Crippen LogP contribution in [0, 0.1) is 6.92 Å². The number of aryl methyl sites for hydroxylation is 1. The van der Waals surface area contributed by atoms with Gasteiger partial charge in [-0.05, 0) is 60.2 Å². The van der Waals surface area contributed by atoms with E-state index in [9.17, 15) is 9.59 Å². The van der Waals surface area contributed by atoms with Crippen LogP contribution in [0.15, 0.2) is 72.8 Å². The van der Waals surface area contributed by atoms with Crippen molar-refractivity contribution in [2.75, 3.05) is 7.11 Å². The minimum absolute atomic E-state index is 0.0535. The summed E-state index contributed by atoms with van der Waals surface area (Å²) in [6.07, 6.45) is 4.03. The van der Waals surface area contributed by atoms with Crippen molar-refractivity contribution in [3.63, 3.8) is 0 Å². The predicted molar refractivity (Wildman–Crippen MR) is 123 cm³/mol. The quantitative estimate of drug-likeness (QED) is 0.342. The van der Waals surface area contributed by atoms with Crippen LogP contribution in [0.5, 0.6) is 0 Å². The summed E-state index contributed by atoms with van der Waals surface area (Å²) in [5.41, 5.74) is 6.08. The van der Waals surface area contributed by atoms with Crippen LogP contribution in [0.3, 0.4) is 0 Å². The Labute approximate surface area is 182 Å². The van der Waals surface area contributed by atoms with E-state index in [0.717, 1.165) is 40.7 Å². The normalized spacial score (nSPS) is 13.5. The summed E-state index contributed by atoms with van der Waals surface area (Å²) in [5, 5.41) is 3.11. The summed E-state index contributed by atoms with van der Waals surface area (Å²) in [6, 6.07) is 23.5. The van der Waals surface area contributed by atoms with E-state index in [0.29, 0.717) is 11.1 Å². The second-order valence-corrected chi connectivity index (χ2v) is 7.83. The highest BCUT2D eigenvalue weighted by molar-refractivity contribution is 6.24. The number of carbonyl (C=O) groups excluding carboxylic acids is 2. The first-order chi connectivity index (χ1) is 15.0. The molecule has 0 saturated heterocycles. The molecular formula is C27H25NO3. The number of methoxy groups -OCH3 is 1. The molecule has 3 aromatic rings. The molecule has 4 nitrogen and oxygen atoms in total. The van der Waals surface area contributed by atoms with E-state index in [1.807, 2.05) is 73.7 Å². The average molecular weight is 412 g/mol. The number of nitrogens with one attached hydrogen (secondary N) is 1. The zero-order valence-corrected chi connectivity index (χ0v) is 17.7. The molecule has 1 N–H and O–H groups in total. The lowest BCUT2D eigenvalue weighted by Gasteiger charge is -2.12. The Kier molecular flexibility index (Phi) is 5.99. The average Bonchev–Trinajstić information content (AvgIpc) is 3.62. The van der Waals surface area contributed by atoms with E-state index in [-0.39, 0.29) is 17.9 Å². The van der Waals surface area contributed by atoms with Crippen LogP contribution in [0.2, 0.25) is 0 Å². The molecule has 1 saturated carbocycles. The smallest absolute Gasteiger partial charge is 0.337 e. The maximum atomic E-state index is 13.1. The Morgan fingerprint density at radius 2 is 1.55 bits per heavy atom. The monoisotopic (exact) mass is 411 g/mol. The van der Waals surface area contributed by atoms with Gasteiger partial charge in [0.05, 0.1) is 12.7 Å². The number of hydrogen-bond acceptors (Lipinski definition) is 3. The van der Waals surface area contributed by atoms with Gasteiger partial charge in [-0.2, -0.15) is 0 Å². The molecule has 4 heteroatoms. The predicted octanol–water partition coefficient (Wildman–Crippen LogP) is 5.27. The topological polar surface area (TPSA) is 55.4 Å². The number of carbonyl (C=O) groups is 2. The lowest BCUT2D eigenvalue weighted by atomic mass is 9.95. The van der Waals surface area contributed by atoms with E-state index in [2.05, 4.69) is 5.32 Å². The minimum atomic E-state index is -0.363. The number of ether oxygens (including phenoxy) is 1. The second-order valence-electron chi connectivity index (χ2n) is 7.83. The highest BCUT2D eigenvalue weighted by atomic mass is 16.5. The van der Waals surface area contributed by atoms with Crippen molar-refractivity contribution in [1.82, 2.24) is 5.32 Å². The molecule has 1 fully saturated rings. The zero-order valence-electron chi connectivity index (χ0n) is 17.7. The van der Waals surface area contributed by atoms with Crippen molar-refractivity contribution in [3.8, 4) is 11.1 Å². The molecule has 1 amide bonds. The van der Waals surface area contributed by atoms with Crippen molar-refractivity contribution >= 4 is 23.5 Å². The fourth-order valence-electron chi connectivity index (χ4n) is 3.45. The summed E-state index contributed by atoms with van der Waals surface area (Å²) >= 11 is 0. The molecule has 31 heavy (non-hydrogen) atoms. The lowest BCUT2D eigenvalue weighted by Crippen LogP contribution is -2.26. The molecule has 0 bridgehead atoms. The maximum Gasteiger partial charge on any atom is 0.337 e. The van der Waals surface area contributed by atoms with E-state index in [1.54, 1.807) is 12.1 Å². The Morgan fingerprint density at radius 1 is 0.903 bits per heavy atom. The third kappa shape index (κ3) is 4.92. The molecule has 0 spiro atoms. The molecule has 4 rings (SSSR count). The van der Waals surface area contributed by atoms with Crippen LogP contribution in [-0.4, -0.2) is 25.0 Å². The Bertz CT molecular complexity index is 1120. The van der Waals surface area contributed by atoms with Gasteiger partial charge in [-0.3, -0.25) is 4.79 Å². The zero-order chi connectivity index (χ0) is 21.8. The van der Waals surface area contributed by atoms with E-state index < -0.39 is 0 Å². The van der Waals surface area contributed by atoms with E-state index in [4.69, 9.17) is 4.74 Å². The van der Waals surface area contributed by atoms with Gasteiger partial charge in [-0.1, -0.05) is 66.2 Å². The van der Waals surface area contributed by atoms with E-state index in [1.165, 1.54) is 7.11 Å². The van der Waals surface area contributed by atoms with Crippen LogP contribution in [0.4, 0.5) is 0 Å². The molecular weight excluding hydrogens is 386 g/mol. The van der Waals surface area contributed by atoms with Crippen molar-refractivity contribution in [3.05, 3.63) is 95.1 Å². The molecule has 1 aliphatic carbocycles. The number of hydrogen-bond donors (Lipinski definition) is 1. The molecule has 0 atom stereocenters. The number of esters is 1. The summed E-state index contributed by atoms with van der Waals surface area (Å²) in [4.78, 5) is 24.8. The van der Waals surface area contributed by atoms with Crippen molar-refractivity contribution in [2.24, 2.45) is 0 Å². The molecule has 0 heterocycles. The van der Waals surface area contributed by atoms with Crippen molar-refractivity contribution in [2.45, 2.75) is 25.8 Å². The SMILES string of the molecule is COC(=O)c1ccc(-c2ccccc2C=C(C(=O)NC2CC2)c2ccc(C)cc2)cc1.